The number of β-amino-alcohol motifs (C(OH)–C–C–N with tert-alkyl or cyclic N) is 2. The van der Waals surface area contributed by atoms with Crippen LogP contribution in [0.1, 0.15) is 32.6 Å². The topological polar surface area (TPSA) is 43.7 Å². The van der Waals surface area contributed by atoms with Crippen LogP contribution in [0.5, 0.6) is 0 Å². The lowest BCUT2D eigenvalue weighted by molar-refractivity contribution is 0.0572. The molecule has 1 saturated carbocycles. The molecule has 0 radical (unpaired) electrons. The molecule has 1 heterocycles. The highest BCUT2D eigenvalue weighted by atomic mass is 16.3. The molecule has 3 nitrogen and oxygen atoms in total. The SMILES string of the molecule is C[C@H]1CC[C@@H](N2C[C@H](O)[C@@H](O)C2)CC1. The highest BCUT2D eigenvalue weighted by molar-refractivity contribution is 4.89. The van der Waals surface area contributed by atoms with Gasteiger partial charge in [-0.15, -0.1) is 0 Å². The highest BCUT2D eigenvalue weighted by Gasteiger charge is 2.34. The lowest BCUT2D eigenvalue weighted by atomic mass is 9.87. The maximum Gasteiger partial charge on any atom is 0.0938 e. The second kappa shape index (κ2) is 4.17. The van der Waals surface area contributed by atoms with Gasteiger partial charge in [-0.3, -0.25) is 4.90 Å². The third-order valence-electron chi connectivity index (χ3n) is 3.79. The minimum Gasteiger partial charge on any atom is -0.389 e. The zero-order valence-electron chi connectivity index (χ0n) is 8.89. The van der Waals surface area contributed by atoms with E-state index in [2.05, 4.69) is 11.8 Å². The summed E-state index contributed by atoms with van der Waals surface area (Å²) in [5.74, 6) is 0.865. The molecule has 2 fully saturated rings. The third kappa shape index (κ3) is 2.10. The molecule has 2 rings (SSSR count). The van der Waals surface area contributed by atoms with E-state index in [1.165, 1.54) is 25.7 Å². The molecule has 0 aromatic rings. The third-order valence-corrected chi connectivity index (χ3v) is 3.79. The van der Waals surface area contributed by atoms with E-state index in [9.17, 15) is 10.2 Å². The van der Waals surface area contributed by atoms with Crippen LogP contribution in [0.15, 0.2) is 0 Å². The smallest absolute Gasteiger partial charge is 0.0938 e. The van der Waals surface area contributed by atoms with E-state index >= 15 is 0 Å². The van der Waals surface area contributed by atoms with Crippen LogP contribution >= 0.6 is 0 Å². The molecule has 2 N–H and O–H groups in total. The van der Waals surface area contributed by atoms with E-state index in [-0.39, 0.29) is 0 Å². The Kier molecular flexibility index (Phi) is 3.10. The summed E-state index contributed by atoms with van der Waals surface area (Å²) in [6.07, 6.45) is 4.03. The average Bonchev–Trinajstić information content (AvgIpc) is 2.48. The van der Waals surface area contributed by atoms with Crippen molar-refractivity contribution < 1.29 is 10.2 Å². The fourth-order valence-corrected chi connectivity index (χ4v) is 2.70. The first-order valence-corrected chi connectivity index (χ1v) is 5.77. The molecule has 0 aromatic heterocycles. The zero-order chi connectivity index (χ0) is 10.1. The van der Waals surface area contributed by atoms with E-state index in [1.54, 1.807) is 0 Å². The number of nitrogens with zero attached hydrogens (tertiary/aromatic N) is 1. The maximum atomic E-state index is 9.46. The van der Waals surface area contributed by atoms with Crippen molar-refractivity contribution in [2.45, 2.75) is 50.9 Å². The van der Waals surface area contributed by atoms with E-state index in [0.717, 1.165) is 5.92 Å². The maximum absolute atomic E-state index is 9.46. The molecule has 2 aliphatic rings. The van der Waals surface area contributed by atoms with Crippen LogP contribution in [-0.4, -0.2) is 46.5 Å². The fourth-order valence-electron chi connectivity index (χ4n) is 2.70. The minimum atomic E-state index is -0.519. The number of likely N-dealkylation sites (tertiary alicyclic amines) is 1. The quantitative estimate of drug-likeness (QED) is 0.650. The van der Waals surface area contributed by atoms with Crippen molar-refractivity contribution >= 4 is 0 Å². The van der Waals surface area contributed by atoms with Gasteiger partial charge in [0.1, 0.15) is 0 Å². The largest absolute Gasteiger partial charge is 0.389 e. The van der Waals surface area contributed by atoms with Crippen molar-refractivity contribution in [3.05, 3.63) is 0 Å². The second-order valence-corrected chi connectivity index (χ2v) is 5.00. The van der Waals surface area contributed by atoms with Crippen molar-refractivity contribution in [1.29, 1.82) is 0 Å². The summed E-state index contributed by atoms with van der Waals surface area (Å²) in [7, 11) is 0. The van der Waals surface area contributed by atoms with Gasteiger partial charge >= 0.3 is 0 Å². The molecule has 82 valence electrons. The van der Waals surface area contributed by atoms with Gasteiger partial charge in [0.2, 0.25) is 0 Å². The first-order valence-electron chi connectivity index (χ1n) is 5.77. The molecule has 0 aromatic carbocycles. The summed E-state index contributed by atoms with van der Waals surface area (Å²) in [6.45, 7) is 3.64. The standard InChI is InChI=1S/C11H21NO2/c1-8-2-4-9(5-3-8)12-6-10(13)11(14)7-12/h8-11,13-14H,2-7H2,1H3/t8-,9+,10-,11-/m0/s1. The predicted molar refractivity (Wildman–Crippen MR) is 55.0 cm³/mol. The lowest BCUT2D eigenvalue weighted by Crippen LogP contribution is -2.37. The summed E-state index contributed by atoms with van der Waals surface area (Å²) in [5.41, 5.74) is 0. The van der Waals surface area contributed by atoms with Crippen molar-refractivity contribution in [2.24, 2.45) is 5.92 Å². The van der Waals surface area contributed by atoms with Crippen LogP contribution in [-0.2, 0) is 0 Å². The molecule has 0 amide bonds. The van der Waals surface area contributed by atoms with E-state index in [4.69, 9.17) is 0 Å². The highest BCUT2D eigenvalue weighted by Crippen LogP contribution is 2.29. The molecule has 2 atom stereocenters. The van der Waals surface area contributed by atoms with Gasteiger partial charge < -0.3 is 10.2 Å². The fraction of sp³-hybridized carbons (Fsp3) is 1.00. The van der Waals surface area contributed by atoms with Crippen LogP contribution in [0.4, 0.5) is 0 Å². The van der Waals surface area contributed by atoms with Gasteiger partial charge in [0.25, 0.3) is 0 Å². The van der Waals surface area contributed by atoms with Crippen LogP contribution < -0.4 is 0 Å². The van der Waals surface area contributed by atoms with Gasteiger partial charge in [-0.1, -0.05) is 6.92 Å². The van der Waals surface area contributed by atoms with Gasteiger partial charge in [-0.2, -0.15) is 0 Å². The Morgan fingerprint density at radius 1 is 0.929 bits per heavy atom. The number of aliphatic hydroxyl groups is 2. The summed E-state index contributed by atoms with van der Waals surface area (Å²) in [5, 5.41) is 18.9. The minimum absolute atomic E-state index is 0.519. The Bertz CT molecular complexity index is 180. The Hall–Kier alpha value is -0.120. The Labute approximate surface area is 85.7 Å². The molecule has 1 saturated heterocycles. The predicted octanol–water partition coefficient (Wildman–Crippen LogP) is 0.602. The van der Waals surface area contributed by atoms with Gasteiger partial charge in [0.05, 0.1) is 12.2 Å². The van der Waals surface area contributed by atoms with Crippen LogP contribution in [0.25, 0.3) is 0 Å². The molecule has 1 aliphatic heterocycles. The summed E-state index contributed by atoms with van der Waals surface area (Å²) >= 11 is 0. The number of rotatable bonds is 1. The zero-order valence-corrected chi connectivity index (χ0v) is 8.89. The monoisotopic (exact) mass is 199 g/mol. The van der Waals surface area contributed by atoms with E-state index < -0.39 is 12.2 Å². The first-order chi connectivity index (χ1) is 6.66. The summed E-state index contributed by atoms with van der Waals surface area (Å²) in [4.78, 5) is 2.27. The van der Waals surface area contributed by atoms with Crippen LogP contribution in [0.2, 0.25) is 0 Å². The van der Waals surface area contributed by atoms with E-state index in [0.29, 0.717) is 19.1 Å². The lowest BCUT2D eigenvalue weighted by Gasteiger charge is -2.33. The summed E-state index contributed by atoms with van der Waals surface area (Å²) < 4.78 is 0. The second-order valence-electron chi connectivity index (χ2n) is 5.00. The number of aliphatic hydroxyl groups excluding tert-OH is 2. The van der Waals surface area contributed by atoms with E-state index in [1.807, 2.05) is 0 Å². The van der Waals surface area contributed by atoms with Crippen LogP contribution in [0, 0.1) is 5.92 Å². The van der Waals surface area contributed by atoms with Gasteiger partial charge in [-0.05, 0) is 31.6 Å². The molecule has 0 spiro atoms. The number of hydrogen-bond acceptors (Lipinski definition) is 3. The van der Waals surface area contributed by atoms with Crippen molar-refractivity contribution in [2.75, 3.05) is 13.1 Å². The molecule has 14 heavy (non-hydrogen) atoms. The molecular weight excluding hydrogens is 178 g/mol. The van der Waals surface area contributed by atoms with Crippen molar-refractivity contribution in [3.63, 3.8) is 0 Å². The summed E-state index contributed by atoms with van der Waals surface area (Å²) in [6, 6.07) is 0.609. The molecule has 1 aliphatic carbocycles. The normalized spacial score (nSPS) is 45.6. The van der Waals surface area contributed by atoms with Crippen molar-refractivity contribution in [1.82, 2.24) is 4.90 Å². The molecule has 0 unspecified atom stereocenters. The van der Waals surface area contributed by atoms with Crippen LogP contribution in [0.3, 0.4) is 0 Å². The first kappa shape index (κ1) is 10.4. The molecule has 3 heteroatoms. The van der Waals surface area contributed by atoms with Gasteiger partial charge in [0, 0.05) is 19.1 Å². The molecular formula is C11H21NO2. The Balaban J connectivity index is 1.85. The van der Waals surface area contributed by atoms with Crippen molar-refractivity contribution in [3.8, 4) is 0 Å². The van der Waals surface area contributed by atoms with Gasteiger partial charge in [0.15, 0.2) is 0 Å². The number of hydrogen-bond donors (Lipinski definition) is 2. The van der Waals surface area contributed by atoms with Gasteiger partial charge in [-0.25, -0.2) is 0 Å². The Morgan fingerprint density at radius 2 is 1.43 bits per heavy atom. The Morgan fingerprint density at radius 3 is 1.93 bits per heavy atom. The average molecular weight is 199 g/mol. The molecule has 0 bridgehead atoms.